The summed E-state index contributed by atoms with van der Waals surface area (Å²) in [6.45, 7) is 0.241. The van der Waals surface area contributed by atoms with Crippen molar-refractivity contribution in [1.82, 2.24) is 25.5 Å². The van der Waals surface area contributed by atoms with Crippen LogP contribution in [0.1, 0.15) is 53.9 Å². The number of rotatable bonds is 13. The zero-order valence-electron chi connectivity index (χ0n) is 26.4. The van der Waals surface area contributed by atoms with Gasteiger partial charge >= 0.3 is 5.97 Å². The monoisotopic (exact) mass is 681 g/mol. The van der Waals surface area contributed by atoms with Gasteiger partial charge in [-0.1, -0.05) is 72.4 Å². The van der Waals surface area contributed by atoms with E-state index < -0.39 is 12.3 Å². The van der Waals surface area contributed by atoms with Crippen LogP contribution in [0.3, 0.4) is 0 Å². The highest BCUT2D eigenvalue weighted by atomic mass is 32.2. The molecule has 2 heterocycles. The summed E-state index contributed by atoms with van der Waals surface area (Å²) >= 11 is 1.46. The van der Waals surface area contributed by atoms with Crippen LogP contribution in [0.5, 0.6) is 5.75 Å². The second-order valence-corrected chi connectivity index (χ2v) is 12.5. The normalized spacial score (nSPS) is 17.4. The number of ether oxygens (including phenoxy) is 2. The summed E-state index contributed by atoms with van der Waals surface area (Å²) in [4.78, 5) is 22.8. The fourth-order valence-corrected chi connectivity index (χ4v) is 6.36. The van der Waals surface area contributed by atoms with Crippen LogP contribution in [0.2, 0.25) is 0 Å². The number of carboxylic acid groups (broad SMARTS) is 1. The van der Waals surface area contributed by atoms with Crippen molar-refractivity contribution >= 4 is 23.6 Å². The number of aliphatic hydroxyl groups is 1. The van der Waals surface area contributed by atoms with E-state index in [9.17, 15) is 19.8 Å². The van der Waals surface area contributed by atoms with Gasteiger partial charge in [0, 0.05) is 30.7 Å². The average molecular weight is 682 g/mol. The molecule has 1 aromatic heterocycles. The summed E-state index contributed by atoms with van der Waals surface area (Å²) in [5.74, 6) is -0.623. The lowest BCUT2D eigenvalue weighted by atomic mass is 9.99. The molecule has 6 rings (SSSR count). The van der Waals surface area contributed by atoms with Gasteiger partial charge in [-0.2, -0.15) is 4.68 Å². The number of aromatic nitrogens is 4. The highest BCUT2D eigenvalue weighted by molar-refractivity contribution is 7.99. The Kier molecular flexibility index (Phi) is 11.0. The van der Waals surface area contributed by atoms with Gasteiger partial charge in [-0.3, -0.25) is 9.59 Å². The Balaban J connectivity index is 1.20. The minimum atomic E-state index is -1.01. The number of carbonyl (C=O) groups excluding carboxylic acids is 1. The van der Waals surface area contributed by atoms with Crippen molar-refractivity contribution < 1.29 is 34.4 Å². The molecule has 1 aliphatic rings. The minimum Gasteiger partial charge on any atom is -0.508 e. The lowest BCUT2D eigenvalue weighted by molar-refractivity contribution is -0.245. The number of aliphatic carboxylic acids is 1. The number of carboxylic acids is 1. The van der Waals surface area contributed by atoms with Crippen molar-refractivity contribution in [2.75, 3.05) is 5.75 Å². The second-order valence-electron chi connectivity index (χ2n) is 11.5. The molecule has 0 bridgehead atoms. The Hall–Kier alpha value is -5.08. The molecule has 49 heavy (non-hydrogen) atoms. The standard InChI is InChI=1S/C36H35N5O7S/c42-21-23-7-9-25(10-8-23)32-19-31(22-49-36-38-39-40-41(36)29-11-13-30(43)14-12-29)47-35(48-32)28-6-2-5-27(18-28)26-4-1-3-24(17-26)20-37-33(44)15-16-34(45)46/h1-14,17-18,31-32,35,42-43H,15-16,19-22H2,(H,37,44)(H,45,46). The predicted octanol–water partition coefficient (Wildman–Crippen LogP) is 5.35. The molecule has 0 spiro atoms. The van der Waals surface area contributed by atoms with Gasteiger partial charge in [-0.05, 0) is 74.6 Å². The number of hydrogen-bond acceptors (Lipinski definition) is 10. The summed E-state index contributed by atoms with van der Waals surface area (Å²) in [7, 11) is 0. The zero-order chi connectivity index (χ0) is 34.2. The first kappa shape index (κ1) is 33.8. The number of benzene rings is 4. The van der Waals surface area contributed by atoms with Crippen LogP contribution >= 0.6 is 11.8 Å². The quantitative estimate of drug-likeness (QED) is 0.118. The van der Waals surface area contributed by atoms with Gasteiger partial charge in [0.05, 0.1) is 30.9 Å². The van der Waals surface area contributed by atoms with Crippen LogP contribution in [0.4, 0.5) is 0 Å². The molecule has 12 nitrogen and oxygen atoms in total. The number of thioether (sulfide) groups is 1. The molecule has 1 saturated heterocycles. The van der Waals surface area contributed by atoms with Crippen molar-refractivity contribution in [2.24, 2.45) is 0 Å². The van der Waals surface area contributed by atoms with Gasteiger partial charge in [0.2, 0.25) is 11.1 Å². The number of phenols is 1. The zero-order valence-corrected chi connectivity index (χ0v) is 27.2. The molecule has 0 saturated carbocycles. The number of aromatic hydroxyl groups is 1. The largest absolute Gasteiger partial charge is 0.508 e. The van der Waals surface area contributed by atoms with Crippen LogP contribution in [0.25, 0.3) is 16.8 Å². The van der Waals surface area contributed by atoms with Crippen molar-refractivity contribution in [1.29, 1.82) is 0 Å². The van der Waals surface area contributed by atoms with E-state index in [4.69, 9.17) is 14.6 Å². The molecule has 0 aliphatic carbocycles. The van der Waals surface area contributed by atoms with E-state index in [2.05, 4.69) is 20.8 Å². The Labute approximate surface area is 286 Å². The maximum atomic E-state index is 12.1. The summed E-state index contributed by atoms with van der Waals surface area (Å²) in [6.07, 6.45) is -0.874. The Morgan fingerprint density at radius 1 is 0.878 bits per heavy atom. The highest BCUT2D eigenvalue weighted by Crippen LogP contribution is 2.40. The van der Waals surface area contributed by atoms with Crippen LogP contribution in [0.15, 0.2) is 102 Å². The van der Waals surface area contributed by atoms with Gasteiger partial charge in [0.25, 0.3) is 0 Å². The topological polar surface area (TPSA) is 169 Å². The number of hydrogen-bond donors (Lipinski definition) is 4. The minimum absolute atomic E-state index is 0.0440. The van der Waals surface area contributed by atoms with E-state index >= 15 is 0 Å². The maximum Gasteiger partial charge on any atom is 0.303 e. The smallest absolute Gasteiger partial charge is 0.303 e. The third-order valence-electron chi connectivity index (χ3n) is 8.02. The molecule has 3 unspecified atom stereocenters. The molecular weight excluding hydrogens is 646 g/mol. The van der Waals surface area contributed by atoms with E-state index in [0.717, 1.165) is 39.1 Å². The molecule has 1 aliphatic heterocycles. The van der Waals surface area contributed by atoms with Gasteiger partial charge in [-0.25, -0.2) is 0 Å². The third kappa shape index (κ3) is 8.89. The number of amides is 1. The predicted molar refractivity (Wildman–Crippen MR) is 181 cm³/mol. The van der Waals surface area contributed by atoms with Crippen molar-refractivity contribution in [3.05, 3.63) is 119 Å². The molecule has 1 fully saturated rings. The van der Waals surface area contributed by atoms with Gasteiger partial charge < -0.3 is 30.1 Å². The molecular formula is C36H35N5O7S. The SMILES string of the molecule is O=C(O)CCC(=O)NCc1cccc(-c2cccc(C3OC(CSc4nnnn4-c4ccc(O)cc4)CC(c4ccc(CO)cc4)O3)c2)c1. The van der Waals surface area contributed by atoms with Crippen LogP contribution in [-0.4, -0.2) is 59.3 Å². The van der Waals surface area contributed by atoms with E-state index in [1.807, 2.05) is 72.8 Å². The van der Waals surface area contributed by atoms with E-state index in [0.29, 0.717) is 17.3 Å². The fourth-order valence-electron chi connectivity index (χ4n) is 5.45. The number of aliphatic hydroxyl groups excluding tert-OH is 1. The van der Waals surface area contributed by atoms with Crippen LogP contribution in [-0.2, 0) is 32.2 Å². The Morgan fingerprint density at radius 2 is 1.63 bits per heavy atom. The highest BCUT2D eigenvalue weighted by Gasteiger charge is 2.33. The molecule has 3 atom stereocenters. The number of tetrazole rings is 1. The lowest BCUT2D eigenvalue weighted by Crippen LogP contribution is -2.31. The first-order valence-corrected chi connectivity index (χ1v) is 16.7. The average Bonchev–Trinajstić information content (AvgIpc) is 3.61. The second kappa shape index (κ2) is 15.9. The lowest BCUT2D eigenvalue weighted by Gasteiger charge is -2.36. The van der Waals surface area contributed by atoms with E-state index in [-0.39, 0.29) is 49.9 Å². The van der Waals surface area contributed by atoms with Gasteiger partial charge in [0.15, 0.2) is 6.29 Å². The van der Waals surface area contributed by atoms with E-state index in [1.54, 1.807) is 28.9 Å². The fraction of sp³-hybridized carbons (Fsp3) is 0.250. The number of phenolic OH excluding ortho intramolecular Hbond substituents is 1. The van der Waals surface area contributed by atoms with E-state index in [1.165, 1.54) is 11.8 Å². The molecule has 0 radical (unpaired) electrons. The Morgan fingerprint density at radius 3 is 2.39 bits per heavy atom. The van der Waals surface area contributed by atoms with Crippen molar-refractivity contribution in [2.45, 2.75) is 56.1 Å². The van der Waals surface area contributed by atoms with Crippen LogP contribution in [0, 0.1) is 0 Å². The first-order valence-electron chi connectivity index (χ1n) is 15.7. The summed E-state index contributed by atoms with van der Waals surface area (Å²) in [5, 5.41) is 43.6. The molecule has 4 N–H and O–H groups in total. The summed E-state index contributed by atoms with van der Waals surface area (Å²) < 4.78 is 14.8. The number of nitrogens with zero attached hydrogens (tertiary/aromatic N) is 4. The summed E-state index contributed by atoms with van der Waals surface area (Å²) in [5.41, 5.74) is 6.12. The van der Waals surface area contributed by atoms with Gasteiger partial charge in [-0.15, -0.1) is 5.10 Å². The first-order chi connectivity index (χ1) is 23.8. The molecule has 13 heteroatoms. The number of carbonyl (C=O) groups is 2. The molecule has 1 amide bonds. The van der Waals surface area contributed by atoms with Crippen molar-refractivity contribution in [3.63, 3.8) is 0 Å². The summed E-state index contributed by atoms with van der Waals surface area (Å²) in [6, 6.07) is 30.1. The third-order valence-corrected chi connectivity index (χ3v) is 9.07. The maximum absolute atomic E-state index is 12.1. The molecule has 4 aromatic carbocycles. The Bertz CT molecular complexity index is 1880. The molecule has 5 aromatic rings. The van der Waals surface area contributed by atoms with Crippen LogP contribution < -0.4 is 5.32 Å². The molecule has 252 valence electrons. The number of nitrogens with one attached hydrogen (secondary N) is 1. The van der Waals surface area contributed by atoms with Crippen molar-refractivity contribution in [3.8, 4) is 22.6 Å². The van der Waals surface area contributed by atoms with Gasteiger partial charge in [0.1, 0.15) is 5.75 Å².